The van der Waals surface area contributed by atoms with Crippen molar-refractivity contribution in [1.29, 1.82) is 0 Å². The van der Waals surface area contributed by atoms with Crippen LogP contribution in [0.2, 0.25) is 0 Å². The van der Waals surface area contributed by atoms with E-state index in [1.54, 1.807) is 0 Å². The van der Waals surface area contributed by atoms with E-state index in [4.69, 9.17) is 16.3 Å². The van der Waals surface area contributed by atoms with Crippen LogP contribution >= 0.6 is 11.6 Å². The fourth-order valence-electron chi connectivity index (χ4n) is 1.66. The molecule has 0 radical (unpaired) electrons. The summed E-state index contributed by atoms with van der Waals surface area (Å²) in [6.07, 6.45) is 2.09. The first-order chi connectivity index (χ1) is 7.56. The molecule has 0 aliphatic heterocycles. The van der Waals surface area contributed by atoms with Gasteiger partial charge in [0.2, 0.25) is 0 Å². The molecule has 0 bridgehead atoms. The number of nitrogens with zero attached hydrogens (tertiary/aromatic N) is 2. The van der Waals surface area contributed by atoms with Crippen LogP contribution in [0.3, 0.4) is 0 Å². The van der Waals surface area contributed by atoms with Crippen molar-refractivity contribution in [1.82, 2.24) is 9.78 Å². The predicted octanol–water partition coefficient (Wildman–Crippen LogP) is 3.07. The van der Waals surface area contributed by atoms with Gasteiger partial charge in [-0.15, -0.1) is 11.6 Å². The maximum absolute atomic E-state index is 5.78. The average Bonchev–Trinajstić information content (AvgIpc) is 2.45. The van der Waals surface area contributed by atoms with Gasteiger partial charge in [-0.25, -0.2) is 0 Å². The first-order valence-electron chi connectivity index (χ1n) is 5.75. The van der Waals surface area contributed by atoms with Gasteiger partial charge in [0.05, 0.1) is 12.3 Å². The normalized spacial score (nSPS) is 12.8. The Morgan fingerprint density at radius 1 is 1.38 bits per heavy atom. The quantitative estimate of drug-likeness (QED) is 0.720. The molecule has 0 amide bonds. The summed E-state index contributed by atoms with van der Waals surface area (Å²) in [4.78, 5) is 0. The highest BCUT2D eigenvalue weighted by Gasteiger charge is 2.10. The van der Waals surface area contributed by atoms with Crippen LogP contribution in [-0.2, 0) is 7.05 Å². The van der Waals surface area contributed by atoms with Gasteiger partial charge in [0.1, 0.15) is 5.69 Å². The number of aryl methyl sites for hydroxylation is 2. The Morgan fingerprint density at radius 3 is 2.56 bits per heavy atom. The number of hydrogen-bond acceptors (Lipinski definition) is 2. The van der Waals surface area contributed by atoms with Crippen LogP contribution < -0.4 is 4.74 Å². The van der Waals surface area contributed by atoms with Crippen molar-refractivity contribution < 1.29 is 4.74 Å². The van der Waals surface area contributed by atoms with Gasteiger partial charge in [-0.3, -0.25) is 4.68 Å². The van der Waals surface area contributed by atoms with Crippen molar-refractivity contribution in [2.75, 3.05) is 12.5 Å². The molecule has 1 aromatic rings. The molecule has 0 fully saturated rings. The molecule has 0 aromatic carbocycles. The smallest absolute Gasteiger partial charge is 0.162 e. The maximum Gasteiger partial charge on any atom is 0.162 e. The molecular formula is C12H21ClN2O. The van der Waals surface area contributed by atoms with Crippen LogP contribution in [0.4, 0.5) is 0 Å². The number of halogens is 1. The molecule has 1 rings (SSSR count). The first-order valence-corrected chi connectivity index (χ1v) is 6.28. The van der Waals surface area contributed by atoms with Crippen LogP contribution in [0, 0.1) is 19.8 Å². The van der Waals surface area contributed by atoms with Crippen LogP contribution in [0.5, 0.6) is 5.75 Å². The zero-order valence-electron chi connectivity index (χ0n) is 10.6. The molecule has 0 spiro atoms. The summed E-state index contributed by atoms with van der Waals surface area (Å²) in [5, 5.41) is 4.32. The Balaban J connectivity index is 2.43. The zero-order valence-corrected chi connectivity index (χ0v) is 11.3. The van der Waals surface area contributed by atoms with Gasteiger partial charge in [0.25, 0.3) is 0 Å². The lowest BCUT2D eigenvalue weighted by Crippen LogP contribution is -2.05. The molecule has 0 aliphatic carbocycles. The van der Waals surface area contributed by atoms with E-state index >= 15 is 0 Å². The van der Waals surface area contributed by atoms with Gasteiger partial charge >= 0.3 is 0 Å². The number of ether oxygens (including phenoxy) is 1. The molecule has 0 N–H and O–H groups in total. The fourth-order valence-corrected chi connectivity index (χ4v) is 2.03. The molecule has 1 unspecified atom stereocenters. The van der Waals surface area contributed by atoms with Crippen LogP contribution in [0.15, 0.2) is 0 Å². The Hall–Kier alpha value is -0.700. The Kier molecular flexibility index (Phi) is 5.13. The lowest BCUT2D eigenvalue weighted by Gasteiger charge is -2.10. The lowest BCUT2D eigenvalue weighted by molar-refractivity contribution is 0.278. The minimum atomic E-state index is 0.620. The number of alkyl halides is 1. The highest BCUT2D eigenvalue weighted by molar-refractivity contribution is 6.17. The van der Waals surface area contributed by atoms with Gasteiger partial charge < -0.3 is 4.74 Å². The van der Waals surface area contributed by atoms with Crippen molar-refractivity contribution in [3.05, 3.63) is 11.4 Å². The van der Waals surface area contributed by atoms with Crippen molar-refractivity contribution in [3.63, 3.8) is 0 Å². The minimum absolute atomic E-state index is 0.620. The summed E-state index contributed by atoms with van der Waals surface area (Å²) in [6.45, 7) is 6.95. The third-order valence-corrected chi connectivity index (χ3v) is 3.12. The molecule has 0 saturated heterocycles. The van der Waals surface area contributed by atoms with Gasteiger partial charge in [0.15, 0.2) is 5.75 Å². The van der Waals surface area contributed by atoms with Crippen LogP contribution in [0.25, 0.3) is 0 Å². The second kappa shape index (κ2) is 6.14. The Labute approximate surface area is 103 Å². The summed E-state index contributed by atoms with van der Waals surface area (Å²) >= 11 is 5.69. The van der Waals surface area contributed by atoms with E-state index in [1.165, 1.54) is 0 Å². The van der Waals surface area contributed by atoms with Gasteiger partial charge in [-0.05, 0) is 32.6 Å². The molecule has 0 aliphatic rings. The molecule has 1 atom stereocenters. The van der Waals surface area contributed by atoms with Crippen molar-refractivity contribution in [3.8, 4) is 5.75 Å². The second-order valence-electron chi connectivity index (χ2n) is 4.34. The van der Waals surface area contributed by atoms with Crippen molar-refractivity contribution in [2.24, 2.45) is 13.0 Å². The van der Waals surface area contributed by atoms with Crippen LogP contribution in [0.1, 0.15) is 31.2 Å². The summed E-state index contributed by atoms with van der Waals surface area (Å²) in [5.74, 6) is 2.28. The first kappa shape index (κ1) is 13.4. The molecule has 92 valence electrons. The van der Waals surface area contributed by atoms with E-state index in [0.717, 1.165) is 42.5 Å². The highest BCUT2D eigenvalue weighted by Crippen LogP contribution is 2.22. The average molecular weight is 245 g/mol. The lowest BCUT2D eigenvalue weighted by atomic mass is 10.1. The zero-order chi connectivity index (χ0) is 12.1. The highest BCUT2D eigenvalue weighted by atomic mass is 35.5. The van der Waals surface area contributed by atoms with E-state index < -0.39 is 0 Å². The molecule has 1 aromatic heterocycles. The minimum Gasteiger partial charge on any atom is -0.490 e. The van der Waals surface area contributed by atoms with E-state index in [0.29, 0.717) is 5.92 Å². The van der Waals surface area contributed by atoms with Crippen molar-refractivity contribution in [2.45, 2.75) is 33.6 Å². The van der Waals surface area contributed by atoms with Crippen LogP contribution in [-0.4, -0.2) is 22.3 Å². The predicted molar refractivity (Wildman–Crippen MR) is 67.3 cm³/mol. The Morgan fingerprint density at radius 2 is 2.06 bits per heavy atom. The standard InChI is InChI=1S/C12H21ClN2O/c1-9(5-7-13)6-8-16-12-10(2)14-15(4)11(12)3/h9H,5-8H2,1-4H3. The monoisotopic (exact) mass is 244 g/mol. The maximum atomic E-state index is 5.78. The largest absolute Gasteiger partial charge is 0.490 e. The van der Waals surface area contributed by atoms with Gasteiger partial charge in [0, 0.05) is 12.9 Å². The molecular weight excluding hydrogens is 224 g/mol. The van der Waals surface area contributed by atoms with E-state index in [-0.39, 0.29) is 0 Å². The molecule has 3 nitrogen and oxygen atoms in total. The fraction of sp³-hybridized carbons (Fsp3) is 0.750. The summed E-state index contributed by atoms with van der Waals surface area (Å²) in [7, 11) is 1.94. The Bertz CT molecular complexity index is 336. The SMILES string of the molecule is Cc1nn(C)c(C)c1OCCC(C)CCCl. The van der Waals surface area contributed by atoms with Crippen molar-refractivity contribution >= 4 is 11.6 Å². The number of aromatic nitrogens is 2. The van der Waals surface area contributed by atoms with E-state index in [9.17, 15) is 0 Å². The third kappa shape index (κ3) is 3.41. The van der Waals surface area contributed by atoms with E-state index in [2.05, 4.69) is 12.0 Å². The van der Waals surface area contributed by atoms with Gasteiger partial charge in [-0.1, -0.05) is 6.92 Å². The third-order valence-electron chi connectivity index (χ3n) is 2.90. The number of hydrogen-bond donors (Lipinski definition) is 0. The summed E-state index contributed by atoms with van der Waals surface area (Å²) in [6, 6.07) is 0. The summed E-state index contributed by atoms with van der Waals surface area (Å²) < 4.78 is 7.63. The molecule has 1 heterocycles. The van der Waals surface area contributed by atoms with Gasteiger partial charge in [-0.2, -0.15) is 5.10 Å². The van der Waals surface area contributed by atoms with E-state index in [1.807, 2.05) is 25.6 Å². The second-order valence-corrected chi connectivity index (χ2v) is 4.72. The molecule has 0 saturated carbocycles. The number of rotatable bonds is 6. The topological polar surface area (TPSA) is 27.1 Å². The molecule has 4 heteroatoms. The summed E-state index contributed by atoms with van der Waals surface area (Å²) in [5.41, 5.74) is 2.05. The molecule has 16 heavy (non-hydrogen) atoms.